The van der Waals surface area contributed by atoms with E-state index in [0.717, 1.165) is 35.2 Å². The lowest BCUT2D eigenvalue weighted by molar-refractivity contribution is 0.0224. The molecule has 116 valence electrons. The third-order valence-corrected chi connectivity index (χ3v) is 4.06. The van der Waals surface area contributed by atoms with Crippen molar-refractivity contribution < 1.29 is 14.3 Å². The minimum absolute atomic E-state index is 0.0713. The van der Waals surface area contributed by atoms with Gasteiger partial charge in [0.1, 0.15) is 11.4 Å². The molecular formula is C16H22BrNO3. The fourth-order valence-corrected chi connectivity index (χ4v) is 3.10. The Hall–Kier alpha value is -1.23. The maximum atomic E-state index is 12.3. The van der Waals surface area contributed by atoms with E-state index in [1.165, 1.54) is 0 Å². The fraction of sp³-hybridized carbons (Fsp3) is 0.562. The Morgan fingerprint density at radius 2 is 2.10 bits per heavy atom. The van der Waals surface area contributed by atoms with Crippen molar-refractivity contribution in [3.63, 3.8) is 0 Å². The van der Waals surface area contributed by atoms with Gasteiger partial charge in [-0.3, -0.25) is 0 Å². The smallest absolute Gasteiger partial charge is 0.410 e. The van der Waals surface area contributed by atoms with Gasteiger partial charge in [-0.25, -0.2) is 4.79 Å². The van der Waals surface area contributed by atoms with E-state index in [2.05, 4.69) is 15.9 Å². The molecule has 1 heterocycles. The van der Waals surface area contributed by atoms with Crippen molar-refractivity contribution in [1.29, 1.82) is 0 Å². The van der Waals surface area contributed by atoms with Crippen molar-refractivity contribution in [1.82, 2.24) is 4.90 Å². The van der Waals surface area contributed by atoms with E-state index in [1.54, 1.807) is 7.11 Å². The van der Waals surface area contributed by atoms with Crippen molar-refractivity contribution in [3.8, 4) is 5.75 Å². The van der Waals surface area contributed by atoms with E-state index in [0.29, 0.717) is 0 Å². The molecule has 0 saturated carbocycles. The Morgan fingerprint density at radius 3 is 2.67 bits per heavy atom. The predicted octanol–water partition coefficient (Wildman–Crippen LogP) is 4.53. The van der Waals surface area contributed by atoms with Crippen LogP contribution in [-0.4, -0.2) is 30.2 Å². The Balaban J connectivity index is 2.18. The highest BCUT2D eigenvalue weighted by Crippen LogP contribution is 2.36. The molecule has 4 nitrogen and oxygen atoms in total. The molecule has 0 spiro atoms. The average molecular weight is 356 g/mol. The van der Waals surface area contributed by atoms with Crippen molar-refractivity contribution >= 4 is 22.0 Å². The molecule has 0 bridgehead atoms. The molecule has 0 radical (unpaired) electrons. The van der Waals surface area contributed by atoms with Crippen LogP contribution in [0.25, 0.3) is 0 Å². The maximum Gasteiger partial charge on any atom is 0.410 e. The van der Waals surface area contributed by atoms with E-state index in [-0.39, 0.29) is 12.1 Å². The lowest BCUT2D eigenvalue weighted by Gasteiger charge is -2.29. The number of benzene rings is 1. The number of hydrogen-bond acceptors (Lipinski definition) is 3. The number of carbonyl (C=O) groups excluding carboxylic acids is 1. The molecular weight excluding hydrogens is 334 g/mol. The number of likely N-dealkylation sites (tertiary alicyclic amines) is 1. The van der Waals surface area contributed by atoms with Crippen molar-refractivity contribution in [2.75, 3.05) is 13.7 Å². The van der Waals surface area contributed by atoms with Gasteiger partial charge in [0, 0.05) is 6.54 Å². The predicted molar refractivity (Wildman–Crippen MR) is 85.6 cm³/mol. The standard InChI is InChI=1S/C16H22BrNO3/c1-16(2,3)21-15(19)18-9-5-6-13(18)11-7-8-14(20-4)12(17)10-11/h7-8,10,13H,5-6,9H2,1-4H3. The summed E-state index contributed by atoms with van der Waals surface area (Å²) in [5, 5.41) is 0. The van der Waals surface area contributed by atoms with Crippen molar-refractivity contribution in [3.05, 3.63) is 28.2 Å². The number of carbonyl (C=O) groups is 1. The zero-order valence-corrected chi connectivity index (χ0v) is 14.6. The molecule has 1 amide bonds. The van der Waals surface area contributed by atoms with Crippen LogP contribution < -0.4 is 4.74 Å². The second-order valence-electron chi connectivity index (χ2n) is 6.23. The molecule has 2 rings (SSSR count). The van der Waals surface area contributed by atoms with E-state index in [4.69, 9.17) is 9.47 Å². The average Bonchev–Trinajstić information content (AvgIpc) is 2.85. The van der Waals surface area contributed by atoms with Crippen LogP contribution in [0.3, 0.4) is 0 Å². The number of ether oxygens (including phenoxy) is 2. The van der Waals surface area contributed by atoms with Crippen LogP contribution in [-0.2, 0) is 4.74 Å². The molecule has 1 aliphatic heterocycles. The summed E-state index contributed by atoms with van der Waals surface area (Å²) in [5.41, 5.74) is 0.635. The van der Waals surface area contributed by atoms with E-state index >= 15 is 0 Å². The van der Waals surface area contributed by atoms with Gasteiger partial charge in [0.25, 0.3) is 0 Å². The topological polar surface area (TPSA) is 38.8 Å². The monoisotopic (exact) mass is 355 g/mol. The number of hydrogen-bond donors (Lipinski definition) is 0. The zero-order valence-electron chi connectivity index (χ0n) is 13.0. The Labute approximate surface area is 134 Å². The SMILES string of the molecule is COc1ccc(C2CCCN2C(=O)OC(C)(C)C)cc1Br. The second-order valence-corrected chi connectivity index (χ2v) is 7.08. The van der Waals surface area contributed by atoms with E-state index in [9.17, 15) is 4.79 Å². The van der Waals surface area contributed by atoms with Crippen LogP contribution in [0, 0.1) is 0 Å². The molecule has 21 heavy (non-hydrogen) atoms. The van der Waals surface area contributed by atoms with Gasteiger partial charge < -0.3 is 14.4 Å². The first-order valence-electron chi connectivity index (χ1n) is 7.15. The highest BCUT2D eigenvalue weighted by molar-refractivity contribution is 9.10. The Kier molecular flexibility index (Phi) is 4.81. The molecule has 0 N–H and O–H groups in total. The van der Waals surface area contributed by atoms with E-state index < -0.39 is 5.60 Å². The summed E-state index contributed by atoms with van der Waals surface area (Å²) >= 11 is 3.50. The minimum atomic E-state index is -0.468. The summed E-state index contributed by atoms with van der Waals surface area (Å²) in [5.74, 6) is 0.792. The lowest BCUT2D eigenvalue weighted by Crippen LogP contribution is -2.36. The van der Waals surface area contributed by atoms with Crippen LogP contribution in [0.4, 0.5) is 4.79 Å². The minimum Gasteiger partial charge on any atom is -0.496 e. The second kappa shape index (κ2) is 6.26. The van der Waals surface area contributed by atoms with Gasteiger partial charge in [-0.05, 0) is 67.2 Å². The molecule has 0 aliphatic carbocycles. The van der Waals surface area contributed by atoms with Gasteiger partial charge in [-0.2, -0.15) is 0 Å². The molecule has 1 atom stereocenters. The van der Waals surface area contributed by atoms with Crippen molar-refractivity contribution in [2.45, 2.75) is 45.3 Å². The number of rotatable bonds is 2. The summed E-state index contributed by atoms with van der Waals surface area (Å²) in [7, 11) is 1.64. The van der Waals surface area contributed by atoms with Gasteiger partial charge in [-0.15, -0.1) is 0 Å². The van der Waals surface area contributed by atoms with Crippen molar-refractivity contribution in [2.24, 2.45) is 0 Å². The molecule has 1 aromatic carbocycles. The van der Waals surface area contributed by atoms with Gasteiger partial charge in [0.2, 0.25) is 0 Å². The van der Waals surface area contributed by atoms with Crippen LogP contribution in [0.1, 0.15) is 45.2 Å². The molecule has 1 saturated heterocycles. The Morgan fingerprint density at radius 1 is 1.38 bits per heavy atom. The molecule has 1 unspecified atom stereocenters. The normalized spacial score (nSPS) is 18.7. The number of halogens is 1. The molecule has 1 aromatic rings. The van der Waals surface area contributed by atoms with E-state index in [1.807, 2.05) is 43.9 Å². The highest BCUT2D eigenvalue weighted by atomic mass is 79.9. The largest absolute Gasteiger partial charge is 0.496 e. The van der Waals surface area contributed by atoms with Gasteiger partial charge in [0.05, 0.1) is 17.6 Å². The third kappa shape index (κ3) is 3.90. The summed E-state index contributed by atoms with van der Waals surface area (Å²) in [6, 6.07) is 6.02. The summed E-state index contributed by atoms with van der Waals surface area (Å²) in [6.07, 6.45) is 1.71. The first kappa shape index (κ1) is 16.1. The van der Waals surface area contributed by atoms with Gasteiger partial charge in [-0.1, -0.05) is 6.07 Å². The fourth-order valence-electron chi connectivity index (χ4n) is 2.54. The van der Waals surface area contributed by atoms with Crippen LogP contribution in [0.15, 0.2) is 22.7 Å². The van der Waals surface area contributed by atoms with Gasteiger partial charge in [0.15, 0.2) is 0 Å². The number of amides is 1. The zero-order chi connectivity index (χ0) is 15.6. The third-order valence-electron chi connectivity index (χ3n) is 3.44. The summed E-state index contributed by atoms with van der Waals surface area (Å²) in [4.78, 5) is 14.1. The van der Waals surface area contributed by atoms with Crippen LogP contribution in [0.2, 0.25) is 0 Å². The maximum absolute atomic E-state index is 12.3. The first-order chi connectivity index (χ1) is 9.81. The lowest BCUT2D eigenvalue weighted by atomic mass is 10.0. The first-order valence-corrected chi connectivity index (χ1v) is 7.94. The molecule has 0 aromatic heterocycles. The summed E-state index contributed by atoms with van der Waals surface area (Å²) < 4.78 is 11.7. The van der Waals surface area contributed by atoms with Crippen LogP contribution in [0.5, 0.6) is 5.75 Å². The molecule has 5 heteroatoms. The molecule has 1 aliphatic rings. The number of methoxy groups -OCH3 is 1. The Bertz CT molecular complexity index is 525. The summed E-state index contributed by atoms with van der Waals surface area (Å²) in [6.45, 7) is 6.41. The van der Waals surface area contributed by atoms with Crippen LogP contribution >= 0.6 is 15.9 Å². The molecule has 1 fully saturated rings. The quantitative estimate of drug-likeness (QED) is 0.782. The highest BCUT2D eigenvalue weighted by Gasteiger charge is 2.33. The van der Waals surface area contributed by atoms with Gasteiger partial charge >= 0.3 is 6.09 Å². The number of nitrogens with zero attached hydrogens (tertiary/aromatic N) is 1.